The zero-order chi connectivity index (χ0) is 12.3. The standard InChI is InChI=1S/C13H17ClFNO/c1-16-13(9-4-6-17-7-5-9)11-3-2-10(14)8-12(11)15/h2-3,8-9,13,16H,4-7H2,1H3. The molecule has 1 saturated heterocycles. The van der Waals surface area contributed by atoms with E-state index in [4.69, 9.17) is 16.3 Å². The van der Waals surface area contributed by atoms with Gasteiger partial charge in [0.1, 0.15) is 5.82 Å². The van der Waals surface area contributed by atoms with Gasteiger partial charge in [-0.05, 0) is 37.9 Å². The van der Waals surface area contributed by atoms with Gasteiger partial charge < -0.3 is 10.1 Å². The average molecular weight is 258 g/mol. The minimum Gasteiger partial charge on any atom is -0.381 e. The molecule has 2 nitrogen and oxygen atoms in total. The van der Waals surface area contributed by atoms with Gasteiger partial charge in [-0.25, -0.2) is 4.39 Å². The van der Waals surface area contributed by atoms with Gasteiger partial charge in [0.25, 0.3) is 0 Å². The number of benzene rings is 1. The summed E-state index contributed by atoms with van der Waals surface area (Å²) in [7, 11) is 1.87. The highest BCUT2D eigenvalue weighted by molar-refractivity contribution is 6.30. The Morgan fingerprint density at radius 2 is 2.12 bits per heavy atom. The summed E-state index contributed by atoms with van der Waals surface area (Å²) in [6, 6.07) is 4.93. The van der Waals surface area contributed by atoms with E-state index in [2.05, 4.69) is 5.32 Å². The lowest BCUT2D eigenvalue weighted by molar-refractivity contribution is 0.0541. The Morgan fingerprint density at radius 3 is 2.71 bits per heavy atom. The van der Waals surface area contributed by atoms with Crippen LogP contribution < -0.4 is 5.32 Å². The maximum Gasteiger partial charge on any atom is 0.129 e. The van der Waals surface area contributed by atoms with Crippen molar-refractivity contribution in [1.29, 1.82) is 0 Å². The predicted octanol–water partition coefficient (Wildman–Crippen LogP) is 3.17. The van der Waals surface area contributed by atoms with Crippen molar-refractivity contribution in [2.75, 3.05) is 20.3 Å². The summed E-state index contributed by atoms with van der Waals surface area (Å²) in [6.07, 6.45) is 1.93. The first-order valence-corrected chi connectivity index (χ1v) is 6.30. The fourth-order valence-electron chi connectivity index (χ4n) is 2.45. The van der Waals surface area contributed by atoms with Crippen LogP contribution in [-0.2, 0) is 4.74 Å². The molecule has 2 rings (SSSR count). The van der Waals surface area contributed by atoms with Gasteiger partial charge in [0.2, 0.25) is 0 Å². The van der Waals surface area contributed by atoms with Gasteiger partial charge in [-0.15, -0.1) is 0 Å². The molecule has 0 radical (unpaired) electrons. The fraction of sp³-hybridized carbons (Fsp3) is 0.538. The molecule has 1 aliphatic rings. The van der Waals surface area contributed by atoms with Crippen molar-refractivity contribution in [2.45, 2.75) is 18.9 Å². The van der Waals surface area contributed by atoms with Crippen molar-refractivity contribution in [3.8, 4) is 0 Å². The molecule has 94 valence electrons. The summed E-state index contributed by atoms with van der Waals surface area (Å²) in [6.45, 7) is 1.52. The van der Waals surface area contributed by atoms with Gasteiger partial charge in [0, 0.05) is 29.8 Å². The van der Waals surface area contributed by atoms with Crippen LogP contribution in [0, 0.1) is 11.7 Å². The van der Waals surface area contributed by atoms with Crippen LogP contribution in [0.4, 0.5) is 4.39 Å². The van der Waals surface area contributed by atoms with E-state index in [1.807, 2.05) is 7.05 Å². The van der Waals surface area contributed by atoms with Gasteiger partial charge in [-0.1, -0.05) is 17.7 Å². The highest BCUT2D eigenvalue weighted by Crippen LogP contribution is 2.31. The van der Waals surface area contributed by atoms with E-state index in [0.717, 1.165) is 26.1 Å². The topological polar surface area (TPSA) is 21.3 Å². The lowest BCUT2D eigenvalue weighted by Gasteiger charge is -2.30. The van der Waals surface area contributed by atoms with Gasteiger partial charge in [-0.2, -0.15) is 0 Å². The van der Waals surface area contributed by atoms with Crippen LogP contribution in [0.5, 0.6) is 0 Å². The third kappa shape index (κ3) is 2.97. The molecule has 0 saturated carbocycles. The molecule has 1 aliphatic heterocycles. The van der Waals surface area contributed by atoms with Crippen LogP contribution in [0.15, 0.2) is 18.2 Å². The van der Waals surface area contributed by atoms with E-state index in [-0.39, 0.29) is 11.9 Å². The highest BCUT2D eigenvalue weighted by atomic mass is 35.5. The third-order valence-electron chi connectivity index (χ3n) is 3.35. The highest BCUT2D eigenvalue weighted by Gasteiger charge is 2.26. The Bertz CT molecular complexity index is 380. The second-order valence-corrected chi connectivity index (χ2v) is 4.82. The molecule has 0 spiro atoms. The first-order valence-electron chi connectivity index (χ1n) is 5.92. The monoisotopic (exact) mass is 257 g/mol. The van der Waals surface area contributed by atoms with Crippen molar-refractivity contribution >= 4 is 11.6 Å². The molecule has 1 atom stereocenters. The van der Waals surface area contributed by atoms with E-state index in [0.29, 0.717) is 16.5 Å². The molecule has 1 aromatic carbocycles. The molecule has 0 aliphatic carbocycles. The van der Waals surface area contributed by atoms with Crippen LogP contribution in [0.2, 0.25) is 5.02 Å². The van der Waals surface area contributed by atoms with Crippen molar-refractivity contribution in [1.82, 2.24) is 5.32 Å². The molecule has 0 amide bonds. The van der Waals surface area contributed by atoms with Crippen LogP contribution in [0.3, 0.4) is 0 Å². The van der Waals surface area contributed by atoms with E-state index < -0.39 is 0 Å². The predicted molar refractivity (Wildman–Crippen MR) is 66.8 cm³/mol. The summed E-state index contributed by atoms with van der Waals surface area (Å²) in [5, 5.41) is 3.65. The zero-order valence-electron chi connectivity index (χ0n) is 9.88. The number of nitrogens with one attached hydrogen (secondary N) is 1. The largest absolute Gasteiger partial charge is 0.381 e. The second kappa shape index (κ2) is 5.80. The summed E-state index contributed by atoms with van der Waals surface area (Å²) in [5.41, 5.74) is 0.698. The third-order valence-corrected chi connectivity index (χ3v) is 3.58. The smallest absolute Gasteiger partial charge is 0.129 e. The number of hydrogen-bond donors (Lipinski definition) is 1. The number of hydrogen-bond acceptors (Lipinski definition) is 2. The summed E-state index contributed by atoms with van der Waals surface area (Å²) in [5.74, 6) is 0.188. The molecule has 17 heavy (non-hydrogen) atoms. The molecule has 1 aromatic rings. The quantitative estimate of drug-likeness (QED) is 0.898. The van der Waals surface area contributed by atoms with E-state index >= 15 is 0 Å². The Kier molecular flexibility index (Phi) is 4.37. The molecule has 4 heteroatoms. The van der Waals surface area contributed by atoms with Gasteiger partial charge in [0.05, 0.1) is 0 Å². The molecule has 0 aromatic heterocycles. The van der Waals surface area contributed by atoms with Crippen molar-refractivity contribution in [2.24, 2.45) is 5.92 Å². The lowest BCUT2D eigenvalue weighted by Crippen LogP contribution is -2.30. The lowest BCUT2D eigenvalue weighted by atomic mass is 9.87. The van der Waals surface area contributed by atoms with Crippen LogP contribution in [0.25, 0.3) is 0 Å². The maximum atomic E-state index is 13.9. The summed E-state index contributed by atoms with van der Waals surface area (Å²) >= 11 is 5.77. The number of halogens is 2. The fourth-order valence-corrected chi connectivity index (χ4v) is 2.61. The SMILES string of the molecule is CNC(c1ccc(Cl)cc1F)C1CCOCC1. The first-order chi connectivity index (χ1) is 8.22. The summed E-state index contributed by atoms with van der Waals surface area (Å²) < 4.78 is 19.2. The zero-order valence-corrected chi connectivity index (χ0v) is 10.6. The molecule has 0 bridgehead atoms. The van der Waals surface area contributed by atoms with Gasteiger partial charge in [-0.3, -0.25) is 0 Å². The Balaban J connectivity index is 2.21. The number of ether oxygens (including phenoxy) is 1. The van der Waals surface area contributed by atoms with Crippen LogP contribution in [-0.4, -0.2) is 20.3 Å². The molecule has 1 unspecified atom stereocenters. The van der Waals surface area contributed by atoms with E-state index in [1.54, 1.807) is 12.1 Å². The van der Waals surface area contributed by atoms with Gasteiger partial charge >= 0.3 is 0 Å². The molecular weight excluding hydrogens is 241 g/mol. The van der Waals surface area contributed by atoms with Crippen LogP contribution >= 0.6 is 11.6 Å². The normalized spacial score (nSPS) is 19.2. The minimum atomic E-state index is -0.233. The molecule has 1 heterocycles. The summed E-state index contributed by atoms with van der Waals surface area (Å²) in [4.78, 5) is 0. The van der Waals surface area contributed by atoms with Gasteiger partial charge in [0.15, 0.2) is 0 Å². The Hall–Kier alpha value is -0.640. The van der Waals surface area contributed by atoms with Crippen LogP contribution in [0.1, 0.15) is 24.4 Å². The average Bonchev–Trinajstić information content (AvgIpc) is 2.34. The maximum absolute atomic E-state index is 13.9. The van der Waals surface area contributed by atoms with Crippen molar-refractivity contribution in [3.63, 3.8) is 0 Å². The van der Waals surface area contributed by atoms with E-state index in [1.165, 1.54) is 6.07 Å². The molecule has 1 fully saturated rings. The Labute approximate surface area is 106 Å². The number of rotatable bonds is 3. The second-order valence-electron chi connectivity index (χ2n) is 4.38. The minimum absolute atomic E-state index is 0.0381. The first kappa shape index (κ1) is 12.8. The van der Waals surface area contributed by atoms with Crippen molar-refractivity contribution < 1.29 is 9.13 Å². The molecular formula is C13H17ClFNO. The Morgan fingerprint density at radius 1 is 1.41 bits per heavy atom. The molecule has 1 N–H and O–H groups in total. The van der Waals surface area contributed by atoms with Crippen molar-refractivity contribution in [3.05, 3.63) is 34.6 Å². The van der Waals surface area contributed by atoms with E-state index in [9.17, 15) is 4.39 Å².